The molecule has 1 fully saturated rings. The van der Waals surface area contributed by atoms with E-state index in [1.54, 1.807) is 18.2 Å². The number of hydrogen-bond donors (Lipinski definition) is 0. The number of nitro benzene ring substituents is 1. The first-order valence-electron chi connectivity index (χ1n) is 6.33. The average Bonchev–Trinajstić information content (AvgIpc) is 3.01. The molecule has 0 atom stereocenters. The summed E-state index contributed by atoms with van der Waals surface area (Å²) in [6.45, 7) is 1.08. The van der Waals surface area contributed by atoms with Crippen LogP contribution in [0.5, 0.6) is 0 Å². The van der Waals surface area contributed by atoms with Crippen LogP contribution in [0.15, 0.2) is 48.5 Å². The molecule has 0 spiro atoms. The number of rotatable bonds is 3. The van der Waals surface area contributed by atoms with E-state index >= 15 is 0 Å². The number of hydrogen-bond acceptors (Lipinski definition) is 4. The van der Waals surface area contributed by atoms with Crippen molar-refractivity contribution in [3.63, 3.8) is 0 Å². The van der Waals surface area contributed by atoms with Gasteiger partial charge in [0.15, 0.2) is 6.29 Å². The van der Waals surface area contributed by atoms with Crippen molar-refractivity contribution in [3.05, 3.63) is 64.2 Å². The van der Waals surface area contributed by atoms with Crippen LogP contribution in [0.25, 0.3) is 11.1 Å². The zero-order valence-corrected chi connectivity index (χ0v) is 10.7. The van der Waals surface area contributed by atoms with Crippen molar-refractivity contribution in [2.24, 2.45) is 0 Å². The van der Waals surface area contributed by atoms with Crippen molar-refractivity contribution in [3.8, 4) is 11.1 Å². The normalized spacial score (nSPS) is 15.4. The second kappa shape index (κ2) is 5.40. The van der Waals surface area contributed by atoms with Gasteiger partial charge in [-0.2, -0.15) is 0 Å². The lowest BCUT2D eigenvalue weighted by molar-refractivity contribution is -0.384. The second-order valence-electron chi connectivity index (χ2n) is 4.44. The van der Waals surface area contributed by atoms with Crippen LogP contribution < -0.4 is 0 Å². The Bertz CT molecular complexity index is 635. The molecule has 5 nitrogen and oxygen atoms in total. The molecule has 1 aliphatic rings. The molecule has 1 saturated heterocycles. The molecule has 0 radical (unpaired) electrons. The van der Waals surface area contributed by atoms with Gasteiger partial charge in [0.2, 0.25) is 0 Å². The van der Waals surface area contributed by atoms with E-state index in [4.69, 9.17) is 9.47 Å². The highest BCUT2D eigenvalue weighted by molar-refractivity contribution is 5.76. The summed E-state index contributed by atoms with van der Waals surface area (Å²) >= 11 is 0. The third kappa shape index (κ3) is 2.29. The van der Waals surface area contributed by atoms with E-state index < -0.39 is 6.29 Å². The molecule has 1 aliphatic heterocycles. The van der Waals surface area contributed by atoms with Crippen LogP contribution in [0, 0.1) is 10.1 Å². The Labute approximate surface area is 115 Å². The molecule has 0 unspecified atom stereocenters. The lowest BCUT2D eigenvalue weighted by atomic mass is 9.98. The highest BCUT2D eigenvalue weighted by atomic mass is 16.7. The van der Waals surface area contributed by atoms with Crippen molar-refractivity contribution in [1.29, 1.82) is 0 Å². The van der Waals surface area contributed by atoms with Gasteiger partial charge in [-0.05, 0) is 11.6 Å². The minimum atomic E-state index is -0.453. The van der Waals surface area contributed by atoms with E-state index in [9.17, 15) is 10.1 Å². The summed E-state index contributed by atoms with van der Waals surface area (Å²) < 4.78 is 11.0. The molecule has 0 N–H and O–H groups in total. The van der Waals surface area contributed by atoms with Crippen molar-refractivity contribution < 1.29 is 14.4 Å². The van der Waals surface area contributed by atoms with Gasteiger partial charge in [0.25, 0.3) is 5.69 Å². The molecule has 0 amide bonds. The monoisotopic (exact) mass is 271 g/mol. The predicted molar refractivity (Wildman–Crippen MR) is 73.2 cm³/mol. The minimum Gasteiger partial charge on any atom is -0.346 e. The molecule has 0 bridgehead atoms. The van der Waals surface area contributed by atoms with Gasteiger partial charge in [0.05, 0.1) is 23.7 Å². The van der Waals surface area contributed by atoms with E-state index in [1.807, 2.05) is 24.3 Å². The van der Waals surface area contributed by atoms with Crippen LogP contribution in [0.4, 0.5) is 5.69 Å². The molecule has 0 aliphatic carbocycles. The fraction of sp³-hybridized carbons (Fsp3) is 0.200. The first kappa shape index (κ1) is 12.8. The number of ether oxygens (including phenoxy) is 2. The van der Waals surface area contributed by atoms with Gasteiger partial charge in [0, 0.05) is 11.6 Å². The van der Waals surface area contributed by atoms with Crippen LogP contribution in [0.2, 0.25) is 0 Å². The van der Waals surface area contributed by atoms with Gasteiger partial charge in [-0.1, -0.05) is 36.4 Å². The Kier molecular flexibility index (Phi) is 3.45. The smallest absolute Gasteiger partial charge is 0.277 e. The van der Waals surface area contributed by atoms with Crippen LogP contribution in [0.3, 0.4) is 0 Å². The topological polar surface area (TPSA) is 61.6 Å². The fourth-order valence-electron chi connectivity index (χ4n) is 2.35. The molecule has 3 rings (SSSR count). The highest BCUT2D eigenvalue weighted by Crippen LogP contribution is 2.36. The van der Waals surface area contributed by atoms with Crippen molar-refractivity contribution in [1.82, 2.24) is 0 Å². The summed E-state index contributed by atoms with van der Waals surface area (Å²) in [5, 5.41) is 11.2. The largest absolute Gasteiger partial charge is 0.346 e. The standard InChI is InChI=1S/C15H13NO4/c17-16(18)14-8-4-3-6-12(14)11-5-1-2-7-13(11)15-19-9-10-20-15/h1-8,15H,9-10H2. The molecule has 0 saturated carbocycles. The van der Waals surface area contributed by atoms with E-state index in [-0.39, 0.29) is 10.6 Å². The van der Waals surface area contributed by atoms with Crippen molar-refractivity contribution in [2.75, 3.05) is 13.2 Å². The maximum absolute atomic E-state index is 11.2. The summed E-state index contributed by atoms with van der Waals surface area (Å²) in [6.07, 6.45) is -0.453. The third-order valence-electron chi connectivity index (χ3n) is 3.23. The van der Waals surface area contributed by atoms with Gasteiger partial charge < -0.3 is 9.47 Å². The zero-order valence-electron chi connectivity index (χ0n) is 10.7. The lowest BCUT2D eigenvalue weighted by Crippen LogP contribution is -2.01. The fourth-order valence-corrected chi connectivity index (χ4v) is 2.35. The quantitative estimate of drug-likeness (QED) is 0.634. The molecule has 2 aromatic carbocycles. The van der Waals surface area contributed by atoms with Crippen molar-refractivity contribution >= 4 is 5.69 Å². The van der Waals surface area contributed by atoms with Gasteiger partial charge in [0.1, 0.15) is 0 Å². The summed E-state index contributed by atoms with van der Waals surface area (Å²) in [5.41, 5.74) is 2.25. The molecular formula is C15H13NO4. The molecule has 0 aromatic heterocycles. The molecule has 2 aromatic rings. The SMILES string of the molecule is O=[N+]([O-])c1ccccc1-c1ccccc1C1OCCO1. The van der Waals surface area contributed by atoms with E-state index in [0.717, 1.165) is 11.1 Å². The van der Waals surface area contributed by atoms with E-state index in [1.165, 1.54) is 6.07 Å². The Balaban J connectivity index is 2.13. The molecule has 20 heavy (non-hydrogen) atoms. The Morgan fingerprint density at radius 1 is 0.950 bits per heavy atom. The average molecular weight is 271 g/mol. The number of para-hydroxylation sites is 1. The summed E-state index contributed by atoms with van der Waals surface area (Å²) in [5.74, 6) is 0. The van der Waals surface area contributed by atoms with E-state index in [2.05, 4.69) is 0 Å². The van der Waals surface area contributed by atoms with Crippen molar-refractivity contribution in [2.45, 2.75) is 6.29 Å². The third-order valence-corrected chi connectivity index (χ3v) is 3.23. The Morgan fingerprint density at radius 2 is 1.55 bits per heavy atom. The van der Waals surface area contributed by atoms with Crippen LogP contribution in [0.1, 0.15) is 11.9 Å². The maximum atomic E-state index is 11.2. The highest BCUT2D eigenvalue weighted by Gasteiger charge is 2.24. The number of benzene rings is 2. The number of nitrogens with zero attached hydrogens (tertiary/aromatic N) is 1. The van der Waals surface area contributed by atoms with Crippen LogP contribution in [-0.4, -0.2) is 18.1 Å². The lowest BCUT2D eigenvalue weighted by Gasteiger charge is -2.14. The minimum absolute atomic E-state index is 0.0814. The van der Waals surface area contributed by atoms with Crippen LogP contribution in [-0.2, 0) is 9.47 Å². The Hall–Kier alpha value is -2.24. The van der Waals surface area contributed by atoms with Gasteiger partial charge in [-0.15, -0.1) is 0 Å². The zero-order chi connectivity index (χ0) is 13.9. The molecular weight excluding hydrogens is 258 g/mol. The van der Waals surface area contributed by atoms with Gasteiger partial charge in [-0.25, -0.2) is 0 Å². The molecule has 102 valence electrons. The van der Waals surface area contributed by atoms with Gasteiger partial charge in [-0.3, -0.25) is 10.1 Å². The molecule has 1 heterocycles. The summed E-state index contributed by atoms with van der Waals surface area (Å²) in [6, 6.07) is 14.1. The Morgan fingerprint density at radius 3 is 2.25 bits per heavy atom. The summed E-state index contributed by atoms with van der Waals surface area (Å²) in [4.78, 5) is 10.8. The first-order chi connectivity index (χ1) is 9.77. The predicted octanol–water partition coefficient (Wildman–Crippen LogP) is 3.31. The number of nitro groups is 1. The second-order valence-corrected chi connectivity index (χ2v) is 4.44. The molecule has 5 heteroatoms. The summed E-state index contributed by atoms with van der Waals surface area (Å²) in [7, 11) is 0. The maximum Gasteiger partial charge on any atom is 0.277 e. The van der Waals surface area contributed by atoms with Crippen LogP contribution >= 0.6 is 0 Å². The van der Waals surface area contributed by atoms with Gasteiger partial charge >= 0.3 is 0 Å². The van der Waals surface area contributed by atoms with E-state index in [0.29, 0.717) is 18.8 Å². The first-order valence-corrected chi connectivity index (χ1v) is 6.33.